The van der Waals surface area contributed by atoms with E-state index < -0.39 is 0 Å². The molecule has 0 bridgehead atoms. The monoisotopic (exact) mass is 232 g/mol. The second kappa shape index (κ2) is 5.82. The maximum atomic E-state index is 5.44. The van der Waals surface area contributed by atoms with E-state index in [1.165, 1.54) is 5.56 Å². The molecule has 0 unspecified atom stereocenters. The normalized spacial score (nSPS) is 14.9. The minimum Gasteiger partial charge on any atom is -0.476 e. The van der Waals surface area contributed by atoms with Gasteiger partial charge in [-0.1, -0.05) is 26.0 Å². The number of ether oxygens (including phenoxy) is 1. The molecular formula is C14H20N2O. The van der Waals surface area contributed by atoms with Crippen LogP contribution in [0.5, 0.6) is 0 Å². The Bertz CT molecular complexity index is 380. The lowest BCUT2D eigenvalue weighted by Gasteiger charge is -2.18. The zero-order valence-electron chi connectivity index (χ0n) is 10.6. The average molecular weight is 232 g/mol. The van der Waals surface area contributed by atoms with Crippen molar-refractivity contribution in [3.8, 4) is 0 Å². The average Bonchev–Trinajstić information content (AvgIpc) is 2.90. The van der Waals surface area contributed by atoms with Crippen LogP contribution in [0.1, 0.15) is 25.0 Å². The van der Waals surface area contributed by atoms with Crippen molar-refractivity contribution in [2.75, 3.05) is 26.2 Å². The summed E-state index contributed by atoms with van der Waals surface area (Å²) in [5, 5.41) is 0. The van der Waals surface area contributed by atoms with E-state index in [9.17, 15) is 0 Å². The fourth-order valence-corrected chi connectivity index (χ4v) is 1.97. The van der Waals surface area contributed by atoms with Gasteiger partial charge in [0.05, 0.1) is 6.54 Å². The molecule has 0 saturated carbocycles. The molecule has 0 spiro atoms. The molecule has 92 valence electrons. The van der Waals surface area contributed by atoms with E-state index in [2.05, 4.69) is 48.0 Å². The highest BCUT2D eigenvalue weighted by molar-refractivity contribution is 5.94. The Balaban J connectivity index is 2.02. The lowest BCUT2D eigenvalue weighted by molar-refractivity contribution is 0.296. The van der Waals surface area contributed by atoms with Crippen molar-refractivity contribution in [2.24, 2.45) is 4.99 Å². The second-order valence-electron chi connectivity index (χ2n) is 4.19. The molecule has 1 aliphatic heterocycles. The molecule has 1 heterocycles. The SMILES string of the molecule is CCN(CC)Cc1ccc(C2=NCCO2)cc1. The summed E-state index contributed by atoms with van der Waals surface area (Å²) in [5.41, 5.74) is 2.43. The van der Waals surface area contributed by atoms with E-state index in [1.54, 1.807) is 0 Å². The molecule has 1 aromatic carbocycles. The molecule has 0 N–H and O–H groups in total. The van der Waals surface area contributed by atoms with Crippen LogP contribution in [-0.4, -0.2) is 37.0 Å². The van der Waals surface area contributed by atoms with Gasteiger partial charge in [-0.3, -0.25) is 4.90 Å². The van der Waals surface area contributed by atoms with E-state index in [-0.39, 0.29) is 0 Å². The summed E-state index contributed by atoms with van der Waals surface area (Å²) in [7, 11) is 0. The molecule has 0 atom stereocenters. The van der Waals surface area contributed by atoms with Crippen molar-refractivity contribution in [1.82, 2.24) is 4.90 Å². The van der Waals surface area contributed by atoms with Gasteiger partial charge in [-0.15, -0.1) is 0 Å². The fourth-order valence-electron chi connectivity index (χ4n) is 1.97. The Kier molecular flexibility index (Phi) is 4.15. The molecular weight excluding hydrogens is 212 g/mol. The summed E-state index contributed by atoms with van der Waals surface area (Å²) in [4.78, 5) is 6.71. The lowest BCUT2D eigenvalue weighted by atomic mass is 10.1. The quantitative estimate of drug-likeness (QED) is 0.778. The maximum Gasteiger partial charge on any atom is 0.216 e. The minimum atomic E-state index is 0.719. The summed E-state index contributed by atoms with van der Waals surface area (Å²) in [6, 6.07) is 8.53. The van der Waals surface area contributed by atoms with Crippen LogP contribution in [0.15, 0.2) is 29.3 Å². The Hall–Kier alpha value is -1.35. The number of hydrogen-bond acceptors (Lipinski definition) is 3. The third kappa shape index (κ3) is 3.07. The van der Waals surface area contributed by atoms with Gasteiger partial charge in [-0.05, 0) is 30.8 Å². The first-order valence-electron chi connectivity index (χ1n) is 6.32. The smallest absolute Gasteiger partial charge is 0.216 e. The van der Waals surface area contributed by atoms with E-state index in [0.717, 1.165) is 44.2 Å². The van der Waals surface area contributed by atoms with Crippen molar-refractivity contribution in [3.05, 3.63) is 35.4 Å². The molecule has 1 aliphatic rings. The summed E-state index contributed by atoms with van der Waals surface area (Å²) in [5.74, 6) is 0.791. The molecule has 3 nitrogen and oxygen atoms in total. The van der Waals surface area contributed by atoms with Gasteiger partial charge in [-0.25, -0.2) is 4.99 Å². The fraction of sp³-hybridized carbons (Fsp3) is 0.500. The van der Waals surface area contributed by atoms with Gasteiger partial charge in [0.1, 0.15) is 6.61 Å². The van der Waals surface area contributed by atoms with Crippen molar-refractivity contribution in [3.63, 3.8) is 0 Å². The largest absolute Gasteiger partial charge is 0.476 e. The lowest BCUT2D eigenvalue weighted by Crippen LogP contribution is -2.22. The first-order chi connectivity index (χ1) is 8.33. The van der Waals surface area contributed by atoms with Crippen molar-refractivity contribution < 1.29 is 4.74 Å². The summed E-state index contributed by atoms with van der Waals surface area (Å²) in [6.07, 6.45) is 0. The van der Waals surface area contributed by atoms with Crippen LogP contribution in [0, 0.1) is 0 Å². The van der Waals surface area contributed by atoms with Crippen LogP contribution in [0.4, 0.5) is 0 Å². The first kappa shape index (κ1) is 12.1. The second-order valence-corrected chi connectivity index (χ2v) is 4.19. The number of aliphatic imine (C=N–C) groups is 1. The van der Waals surface area contributed by atoms with Crippen molar-refractivity contribution in [1.29, 1.82) is 0 Å². The molecule has 0 aliphatic carbocycles. The van der Waals surface area contributed by atoms with E-state index >= 15 is 0 Å². The van der Waals surface area contributed by atoms with Crippen LogP contribution >= 0.6 is 0 Å². The van der Waals surface area contributed by atoms with Crippen molar-refractivity contribution in [2.45, 2.75) is 20.4 Å². The summed E-state index contributed by atoms with van der Waals surface area (Å²) in [6.45, 7) is 9.09. The predicted molar refractivity (Wildman–Crippen MR) is 70.4 cm³/mol. The maximum absolute atomic E-state index is 5.44. The van der Waals surface area contributed by atoms with Gasteiger partial charge < -0.3 is 4.74 Å². The highest BCUT2D eigenvalue weighted by atomic mass is 16.5. The van der Waals surface area contributed by atoms with E-state index in [1.807, 2.05) is 0 Å². The third-order valence-corrected chi connectivity index (χ3v) is 3.09. The Labute approximate surface area is 103 Å². The van der Waals surface area contributed by atoms with Crippen molar-refractivity contribution >= 4 is 5.90 Å². The van der Waals surface area contributed by atoms with Gasteiger partial charge in [0.15, 0.2) is 0 Å². The first-order valence-corrected chi connectivity index (χ1v) is 6.32. The molecule has 0 aromatic heterocycles. The molecule has 0 radical (unpaired) electrons. The Morgan fingerprint density at radius 2 is 1.88 bits per heavy atom. The summed E-state index contributed by atoms with van der Waals surface area (Å²) < 4.78 is 5.44. The number of hydrogen-bond donors (Lipinski definition) is 0. The number of nitrogens with zero attached hydrogens (tertiary/aromatic N) is 2. The standard InChI is InChI=1S/C14H20N2O/c1-3-16(4-2)11-12-5-7-13(8-6-12)14-15-9-10-17-14/h5-8H,3-4,9-11H2,1-2H3. The minimum absolute atomic E-state index is 0.719. The van der Waals surface area contributed by atoms with Crippen LogP contribution in [-0.2, 0) is 11.3 Å². The zero-order valence-corrected chi connectivity index (χ0v) is 10.6. The highest BCUT2D eigenvalue weighted by Crippen LogP contribution is 2.11. The molecule has 0 fully saturated rings. The summed E-state index contributed by atoms with van der Waals surface area (Å²) >= 11 is 0. The molecule has 17 heavy (non-hydrogen) atoms. The molecule has 0 saturated heterocycles. The number of benzene rings is 1. The zero-order chi connectivity index (χ0) is 12.1. The van der Waals surface area contributed by atoms with E-state index in [0.29, 0.717) is 0 Å². The van der Waals surface area contributed by atoms with Crippen LogP contribution < -0.4 is 0 Å². The highest BCUT2D eigenvalue weighted by Gasteiger charge is 2.10. The Morgan fingerprint density at radius 1 is 1.18 bits per heavy atom. The topological polar surface area (TPSA) is 24.8 Å². The molecule has 0 amide bonds. The third-order valence-electron chi connectivity index (χ3n) is 3.09. The van der Waals surface area contributed by atoms with Gasteiger partial charge in [0, 0.05) is 12.1 Å². The van der Waals surface area contributed by atoms with Gasteiger partial charge in [0.25, 0.3) is 0 Å². The number of rotatable bonds is 5. The molecule has 3 heteroatoms. The molecule has 1 aromatic rings. The molecule has 2 rings (SSSR count). The van der Waals surface area contributed by atoms with Gasteiger partial charge >= 0.3 is 0 Å². The van der Waals surface area contributed by atoms with Crippen LogP contribution in [0.25, 0.3) is 0 Å². The Morgan fingerprint density at radius 3 is 2.41 bits per heavy atom. The predicted octanol–water partition coefficient (Wildman–Crippen LogP) is 2.31. The van der Waals surface area contributed by atoms with Gasteiger partial charge in [-0.2, -0.15) is 0 Å². The van der Waals surface area contributed by atoms with Crippen LogP contribution in [0.3, 0.4) is 0 Å². The van der Waals surface area contributed by atoms with Crippen LogP contribution in [0.2, 0.25) is 0 Å². The van der Waals surface area contributed by atoms with E-state index in [4.69, 9.17) is 4.74 Å². The van der Waals surface area contributed by atoms with Gasteiger partial charge in [0.2, 0.25) is 5.90 Å².